The van der Waals surface area contributed by atoms with Crippen molar-refractivity contribution in [3.63, 3.8) is 0 Å². The van der Waals surface area contributed by atoms with Gasteiger partial charge in [-0.1, -0.05) is 183 Å². The van der Waals surface area contributed by atoms with Gasteiger partial charge in [0.15, 0.2) is 11.6 Å². The molecule has 0 radical (unpaired) electrons. The van der Waals surface area contributed by atoms with Gasteiger partial charge in [-0.3, -0.25) is 0 Å². The molecule has 1 aliphatic carbocycles. The Balaban J connectivity index is 1.08. The SMILES string of the molecule is C=Cc1c(/C=C(\C)c2nc(-c3ccccc3)nc(N3Cc4c(c5ccccc5n4-c4ccc(C5=CCCC=C5)c(-c5ccccc5)c4)/C=C\C(=C)c4ccccc43)n2)c2ccccc2n1-c1ccccc1. The van der Waals surface area contributed by atoms with Crippen LogP contribution in [0.15, 0.2) is 219 Å². The first kappa shape index (κ1) is 43.2. The van der Waals surface area contributed by atoms with Gasteiger partial charge in [0.1, 0.15) is 0 Å². The molecule has 0 atom stereocenters. The summed E-state index contributed by atoms with van der Waals surface area (Å²) in [6.07, 6.45) is 17.6. The Morgan fingerprint density at radius 1 is 0.577 bits per heavy atom. The van der Waals surface area contributed by atoms with Crippen molar-refractivity contribution >= 4 is 68.4 Å². The molecule has 7 aromatic carbocycles. The fourth-order valence-corrected chi connectivity index (χ4v) is 10.4. The van der Waals surface area contributed by atoms with E-state index >= 15 is 0 Å². The Morgan fingerprint density at radius 3 is 2.00 bits per heavy atom. The number of hydrogen-bond acceptors (Lipinski definition) is 4. The second-order valence-corrected chi connectivity index (χ2v) is 18.1. The lowest BCUT2D eigenvalue weighted by molar-refractivity contribution is 0.842. The highest BCUT2D eigenvalue weighted by Crippen LogP contribution is 2.42. The highest BCUT2D eigenvalue weighted by atomic mass is 15.3. The molecule has 0 bridgehead atoms. The lowest BCUT2D eigenvalue weighted by Gasteiger charge is -2.27. The van der Waals surface area contributed by atoms with E-state index in [0.29, 0.717) is 24.1 Å². The Morgan fingerprint density at radius 2 is 1.25 bits per heavy atom. The van der Waals surface area contributed by atoms with Gasteiger partial charge in [-0.2, -0.15) is 9.97 Å². The van der Waals surface area contributed by atoms with Gasteiger partial charge in [0.25, 0.3) is 0 Å². The predicted molar refractivity (Wildman–Crippen MR) is 298 cm³/mol. The molecular formula is C65H50N6. The normalized spacial score (nSPS) is 14.1. The standard InChI is InChI=1S/C65H50N6/c1-4-58-57(54-33-19-22-36-61(54)70(58)49-29-15-8-16-30-49)41-45(3)63-66-64(48-27-13-7-14-28-48)68-65(67-63)69-43-62-55(39-37-44(2)51-31-17-20-34-59(51)69)53-32-18-21-35-60(53)71(62)50-38-40-52(46-23-9-5-10-24-46)56(42-50)47-25-11-6-12-26-47/h4,6-9,11-42H,1-2,5,10,43H2,3H3/b39-37-,45-41+. The summed E-state index contributed by atoms with van der Waals surface area (Å²) in [5.74, 6) is 1.68. The third kappa shape index (κ3) is 7.86. The van der Waals surface area contributed by atoms with Crippen molar-refractivity contribution < 1.29 is 0 Å². The van der Waals surface area contributed by atoms with E-state index in [9.17, 15) is 0 Å². The van der Waals surface area contributed by atoms with Crippen molar-refractivity contribution in [2.75, 3.05) is 4.90 Å². The van der Waals surface area contributed by atoms with Crippen LogP contribution in [0.5, 0.6) is 0 Å². The molecule has 71 heavy (non-hydrogen) atoms. The molecule has 0 spiro atoms. The first-order chi connectivity index (χ1) is 35.0. The molecule has 0 saturated heterocycles. The second kappa shape index (κ2) is 18.4. The summed E-state index contributed by atoms with van der Waals surface area (Å²) in [7, 11) is 0. The zero-order chi connectivity index (χ0) is 47.8. The van der Waals surface area contributed by atoms with Crippen molar-refractivity contribution in [3.05, 3.63) is 259 Å². The van der Waals surface area contributed by atoms with E-state index in [1.165, 1.54) is 22.3 Å². The highest BCUT2D eigenvalue weighted by Gasteiger charge is 2.27. The maximum atomic E-state index is 5.48. The Hall–Kier alpha value is -9.13. The van der Waals surface area contributed by atoms with Gasteiger partial charge in [-0.15, -0.1) is 0 Å². The Bertz CT molecular complexity index is 3830. The van der Waals surface area contributed by atoms with E-state index in [1.54, 1.807) is 0 Å². The molecule has 4 heterocycles. The number of anilines is 2. The average Bonchev–Trinajstić information content (AvgIpc) is 3.94. The van der Waals surface area contributed by atoms with Crippen LogP contribution >= 0.6 is 0 Å². The lowest BCUT2D eigenvalue weighted by atomic mass is 9.91. The largest absolute Gasteiger partial charge is 0.311 e. The van der Waals surface area contributed by atoms with Crippen LogP contribution in [0.1, 0.15) is 59.2 Å². The highest BCUT2D eigenvalue weighted by molar-refractivity contribution is 6.00. The van der Waals surface area contributed by atoms with E-state index in [4.69, 9.17) is 15.0 Å². The third-order valence-electron chi connectivity index (χ3n) is 13.7. The van der Waals surface area contributed by atoms with Crippen LogP contribution in [-0.4, -0.2) is 24.1 Å². The third-order valence-corrected chi connectivity index (χ3v) is 13.7. The fraction of sp³-hybridized carbons (Fsp3) is 0.0615. The Labute approximate surface area is 414 Å². The maximum Gasteiger partial charge on any atom is 0.234 e. The zero-order valence-electron chi connectivity index (χ0n) is 39.6. The molecule has 12 rings (SSSR count). The molecule has 340 valence electrons. The van der Waals surface area contributed by atoms with Crippen LogP contribution in [0.4, 0.5) is 11.6 Å². The quantitative estimate of drug-likeness (QED) is 0.145. The first-order valence-electron chi connectivity index (χ1n) is 24.3. The summed E-state index contributed by atoms with van der Waals surface area (Å²) >= 11 is 0. The monoisotopic (exact) mass is 914 g/mol. The molecular weight excluding hydrogens is 865 g/mol. The first-order valence-corrected chi connectivity index (χ1v) is 24.3. The molecule has 6 nitrogen and oxygen atoms in total. The number of benzene rings is 7. The molecule has 1 aliphatic heterocycles. The topological polar surface area (TPSA) is 51.8 Å². The van der Waals surface area contributed by atoms with E-state index in [2.05, 4.69) is 228 Å². The maximum absolute atomic E-state index is 5.48. The zero-order valence-corrected chi connectivity index (χ0v) is 39.6. The van der Waals surface area contributed by atoms with Crippen molar-refractivity contribution in [1.29, 1.82) is 0 Å². The Kier molecular flexibility index (Phi) is 11.2. The number of para-hydroxylation sites is 4. The summed E-state index contributed by atoms with van der Waals surface area (Å²) in [6.45, 7) is 11.5. The van der Waals surface area contributed by atoms with Gasteiger partial charge in [0.2, 0.25) is 5.95 Å². The number of allylic oxidation sites excluding steroid dienone is 7. The summed E-state index contributed by atoms with van der Waals surface area (Å²) < 4.78 is 4.71. The fourth-order valence-electron chi connectivity index (χ4n) is 10.4. The van der Waals surface area contributed by atoms with Crippen LogP contribution in [0.2, 0.25) is 0 Å². The molecule has 10 aromatic rings. The van der Waals surface area contributed by atoms with Crippen LogP contribution in [0.25, 0.3) is 90.6 Å². The number of aromatic nitrogens is 5. The molecule has 0 fully saturated rings. The molecule has 0 saturated carbocycles. The van der Waals surface area contributed by atoms with Gasteiger partial charge in [0.05, 0.1) is 34.7 Å². The summed E-state index contributed by atoms with van der Waals surface area (Å²) in [5.41, 5.74) is 18.0. The van der Waals surface area contributed by atoms with E-state index in [-0.39, 0.29) is 0 Å². The van der Waals surface area contributed by atoms with Crippen molar-refractivity contribution in [1.82, 2.24) is 24.1 Å². The minimum absolute atomic E-state index is 0.431. The van der Waals surface area contributed by atoms with Crippen LogP contribution < -0.4 is 4.90 Å². The molecule has 2 aliphatic rings. The summed E-state index contributed by atoms with van der Waals surface area (Å²) in [5, 5.41) is 2.26. The van der Waals surface area contributed by atoms with Crippen LogP contribution in [-0.2, 0) is 6.54 Å². The van der Waals surface area contributed by atoms with Gasteiger partial charge >= 0.3 is 0 Å². The molecule has 6 heteroatoms. The summed E-state index contributed by atoms with van der Waals surface area (Å²) in [4.78, 5) is 18.4. The lowest BCUT2D eigenvalue weighted by Crippen LogP contribution is -2.23. The van der Waals surface area contributed by atoms with Gasteiger partial charge in [-0.05, 0) is 108 Å². The van der Waals surface area contributed by atoms with E-state index in [1.807, 2.05) is 30.3 Å². The van der Waals surface area contributed by atoms with Crippen LogP contribution in [0, 0.1) is 0 Å². The van der Waals surface area contributed by atoms with Crippen molar-refractivity contribution in [2.45, 2.75) is 26.3 Å². The minimum atomic E-state index is 0.431. The number of fused-ring (bicyclic) bond motifs is 5. The number of hydrogen-bond donors (Lipinski definition) is 0. The average molecular weight is 915 g/mol. The molecule has 0 amide bonds. The van der Waals surface area contributed by atoms with Crippen LogP contribution in [0.3, 0.4) is 0 Å². The number of rotatable bonds is 9. The summed E-state index contributed by atoms with van der Waals surface area (Å²) in [6, 6.07) is 64.0. The van der Waals surface area contributed by atoms with Gasteiger partial charge < -0.3 is 14.0 Å². The van der Waals surface area contributed by atoms with E-state index < -0.39 is 0 Å². The van der Waals surface area contributed by atoms with Gasteiger partial charge in [-0.25, -0.2) is 4.98 Å². The van der Waals surface area contributed by atoms with Crippen molar-refractivity contribution in [3.8, 4) is 33.9 Å². The predicted octanol–water partition coefficient (Wildman–Crippen LogP) is 16.4. The molecule has 3 aromatic heterocycles. The smallest absolute Gasteiger partial charge is 0.234 e. The second-order valence-electron chi connectivity index (χ2n) is 18.1. The number of nitrogens with zero attached hydrogens (tertiary/aromatic N) is 6. The van der Waals surface area contributed by atoms with Crippen molar-refractivity contribution in [2.24, 2.45) is 0 Å². The minimum Gasteiger partial charge on any atom is -0.311 e. The molecule has 0 unspecified atom stereocenters. The van der Waals surface area contributed by atoms with E-state index in [0.717, 1.165) is 96.5 Å². The van der Waals surface area contributed by atoms with Gasteiger partial charge in [0, 0.05) is 44.4 Å². The molecule has 0 N–H and O–H groups in total.